The Morgan fingerprint density at radius 1 is 1.35 bits per heavy atom. The van der Waals surface area contributed by atoms with Crippen molar-refractivity contribution in [3.05, 3.63) is 36.2 Å². The summed E-state index contributed by atoms with van der Waals surface area (Å²) in [6.45, 7) is 0.199. The van der Waals surface area contributed by atoms with Gasteiger partial charge in [-0.05, 0) is 23.8 Å². The Labute approximate surface area is 131 Å². The smallest absolute Gasteiger partial charge is 0.323 e. The van der Waals surface area contributed by atoms with Gasteiger partial charge in [-0.2, -0.15) is 4.80 Å². The van der Waals surface area contributed by atoms with Crippen LogP contribution in [-0.2, 0) is 16.2 Å². The van der Waals surface area contributed by atoms with Gasteiger partial charge in [-0.3, -0.25) is 9.59 Å². The molecule has 120 valence electrons. The summed E-state index contributed by atoms with van der Waals surface area (Å²) in [5.41, 5.74) is 0. The average molecular weight is 317 g/mol. The molecule has 1 N–H and O–H groups in total. The van der Waals surface area contributed by atoms with Crippen LogP contribution in [0.25, 0.3) is 0 Å². The van der Waals surface area contributed by atoms with Crippen LogP contribution < -0.4 is 4.74 Å². The number of amides is 1. The number of likely N-dealkylation sites (tertiary alicyclic amines) is 1. The standard InChI is InChI=1S/C14H15N5O4/c20-13(21)8-18-7-6-11(14(18)22)19-16-12(15-17-19)9-23-10-4-2-1-3-5-10/h1-5,11H,6-9H2,(H,20,21). The summed E-state index contributed by atoms with van der Waals surface area (Å²) in [7, 11) is 0. The van der Waals surface area contributed by atoms with Crippen molar-refractivity contribution in [2.75, 3.05) is 13.1 Å². The lowest BCUT2D eigenvalue weighted by atomic mass is 10.3. The number of aromatic nitrogens is 4. The first-order chi connectivity index (χ1) is 11.1. The molecule has 23 heavy (non-hydrogen) atoms. The number of benzene rings is 1. The lowest BCUT2D eigenvalue weighted by Crippen LogP contribution is -2.33. The Hall–Kier alpha value is -2.97. The van der Waals surface area contributed by atoms with Gasteiger partial charge in [0.05, 0.1) is 0 Å². The Bertz CT molecular complexity index is 702. The number of carboxylic acids is 1. The van der Waals surface area contributed by atoms with Crippen molar-refractivity contribution >= 4 is 11.9 Å². The van der Waals surface area contributed by atoms with E-state index < -0.39 is 12.0 Å². The minimum atomic E-state index is -1.04. The van der Waals surface area contributed by atoms with Gasteiger partial charge in [0.2, 0.25) is 11.7 Å². The van der Waals surface area contributed by atoms with Crippen molar-refractivity contribution in [1.82, 2.24) is 25.1 Å². The Morgan fingerprint density at radius 2 is 2.13 bits per heavy atom. The summed E-state index contributed by atoms with van der Waals surface area (Å²) < 4.78 is 5.52. The summed E-state index contributed by atoms with van der Waals surface area (Å²) in [6.07, 6.45) is 0.460. The van der Waals surface area contributed by atoms with Gasteiger partial charge in [0.15, 0.2) is 12.6 Å². The molecule has 3 rings (SSSR count). The monoisotopic (exact) mass is 317 g/mol. The maximum absolute atomic E-state index is 12.1. The molecular formula is C14H15N5O4. The highest BCUT2D eigenvalue weighted by molar-refractivity contribution is 5.85. The molecule has 1 aliphatic heterocycles. The zero-order valence-corrected chi connectivity index (χ0v) is 12.2. The molecule has 1 unspecified atom stereocenters. The van der Waals surface area contributed by atoms with Crippen LogP contribution in [0.2, 0.25) is 0 Å². The van der Waals surface area contributed by atoms with Crippen LogP contribution in [0, 0.1) is 0 Å². The molecule has 0 radical (unpaired) electrons. The van der Waals surface area contributed by atoms with E-state index in [-0.39, 0.29) is 19.1 Å². The molecule has 1 fully saturated rings. The van der Waals surface area contributed by atoms with E-state index in [1.54, 1.807) is 0 Å². The third-order valence-electron chi connectivity index (χ3n) is 3.45. The van der Waals surface area contributed by atoms with Gasteiger partial charge in [0.1, 0.15) is 12.3 Å². The van der Waals surface area contributed by atoms with E-state index in [2.05, 4.69) is 15.4 Å². The van der Waals surface area contributed by atoms with Crippen molar-refractivity contribution in [3.63, 3.8) is 0 Å². The Kier molecular flexibility index (Phi) is 4.18. The second kappa shape index (κ2) is 6.42. The van der Waals surface area contributed by atoms with Crippen molar-refractivity contribution in [3.8, 4) is 5.75 Å². The van der Waals surface area contributed by atoms with Crippen molar-refractivity contribution in [1.29, 1.82) is 0 Å². The molecule has 0 saturated carbocycles. The molecule has 9 heteroatoms. The van der Waals surface area contributed by atoms with E-state index in [1.165, 1.54) is 9.70 Å². The average Bonchev–Trinajstić information content (AvgIpc) is 3.14. The number of hydrogen-bond donors (Lipinski definition) is 1. The summed E-state index contributed by atoms with van der Waals surface area (Å²) in [5, 5.41) is 20.7. The van der Waals surface area contributed by atoms with Crippen LogP contribution in [0.5, 0.6) is 5.75 Å². The van der Waals surface area contributed by atoms with Gasteiger partial charge >= 0.3 is 5.97 Å². The summed E-state index contributed by atoms with van der Waals surface area (Å²) >= 11 is 0. The van der Waals surface area contributed by atoms with Crippen molar-refractivity contribution in [2.45, 2.75) is 19.1 Å². The van der Waals surface area contributed by atoms with Gasteiger partial charge in [-0.15, -0.1) is 10.2 Å². The minimum Gasteiger partial charge on any atom is -0.485 e. The van der Waals surface area contributed by atoms with Gasteiger partial charge in [0.25, 0.3) is 0 Å². The van der Waals surface area contributed by atoms with E-state index >= 15 is 0 Å². The number of carbonyl (C=O) groups is 2. The zero-order valence-electron chi connectivity index (χ0n) is 12.2. The van der Waals surface area contributed by atoms with E-state index in [0.29, 0.717) is 24.5 Å². The number of carboxylic acid groups (broad SMARTS) is 1. The second-order valence-corrected chi connectivity index (χ2v) is 5.09. The first-order valence-electron chi connectivity index (χ1n) is 7.10. The number of nitrogens with zero attached hydrogens (tertiary/aromatic N) is 5. The van der Waals surface area contributed by atoms with E-state index in [0.717, 1.165) is 0 Å². The van der Waals surface area contributed by atoms with Crippen LogP contribution in [-0.4, -0.2) is 55.2 Å². The SMILES string of the molecule is O=C(O)CN1CCC(n2nnc(COc3ccccc3)n2)C1=O. The molecule has 1 atom stereocenters. The maximum atomic E-state index is 12.1. The maximum Gasteiger partial charge on any atom is 0.323 e. The van der Waals surface area contributed by atoms with Crippen molar-refractivity contribution < 1.29 is 19.4 Å². The number of para-hydroxylation sites is 1. The van der Waals surface area contributed by atoms with E-state index in [4.69, 9.17) is 9.84 Å². The number of hydrogen-bond acceptors (Lipinski definition) is 6. The topological polar surface area (TPSA) is 110 Å². The van der Waals surface area contributed by atoms with Gasteiger partial charge in [-0.1, -0.05) is 18.2 Å². The Balaban J connectivity index is 1.61. The van der Waals surface area contributed by atoms with Crippen molar-refractivity contribution in [2.24, 2.45) is 0 Å². The molecule has 1 saturated heterocycles. The molecule has 1 aliphatic rings. The molecule has 0 bridgehead atoms. The third kappa shape index (κ3) is 3.44. The van der Waals surface area contributed by atoms with Gasteiger partial charge in [0, 0.05) is 6.54 Å². The van der Waals surface area contributed by atoms with E-state index in [1.807, 2.05) is 30.3 Å². The first kappa shape index (κ1) is 14.9. The molecule has 2 heterocycles. The molecule has 0 aliphatic carbocycles. The predicted octanol–water partition coefficient (Wildman–Crippen LogP) is 0.110. The molecular weight excluding hydrogens is 302 g/mol. The van der Waals surface area contributed by atoms with Crippen LogP contribution in [0.4, 0.5) is 0 Å². The quantitative estimate of drug-likeness (QED) is 0.805. The third-order valence-corrected chi connectivity index (χ3v) is 3.45. The predicted molar refractivity (Wildman–Crippen MR) is 76.5 cm³/mol. The Morgan fingerprint density at radius 3 is 2.87 bits per heavy atom. The fraction of sp³-hybridized carbons (Fsp3) is 0.357. The lowest BCUT2D eigenvalue weighted by Gasteiger charge is -2.12. The lowest BCUT2D eigenvalue weighted by molar-refractivity contribution is -0.143. The normalized spacial score (nSPS) is 17.5. The minimum absolute atomic E-state index is 0.143. The molecule has 2 aromatic rings. The molecule has 0 spiro atoms. The van der Waals surface area contributed by atoms with Gasteiger partial charge < -0.3 is 14.7 Å². The largest absolute Gasteiger partial charge is 0.485 e. The number of carbonyl (C=O) groups excluding carboxylic acids is 1. The first-order valence-corrected chi connectivity index (χ1v) is 7.10. The number of aliphatic carboxylic acids is 1. The summed E-state index contributed by atoms with van der Waals surface area (Å²) in [5.74, 6) is -0.297. The number of ether oxygens (including phenoxy) is 1. The highest BCUT2D eigenvalue weighted by atomic mass is 16.5. The second-order valence-electron chi connectivity index (χ2n) is 5.09. The van der Waals surface area contributed by atoms with Gasteiger partial charge in [-0.25, -0.2) is 0 Å². The number of tetrazole rings is 1. The molecule has 9 nitrogen and oxygen atoms in total. The summed E-state index contributed by atoms with van der Waals surface area (Å²) in [4.78, 5) is 25.3. The summed E-state index contributed by atoms with van der Waals surface area (Å²) in [6, 6.07) is 8.62. The number of rotatable bonds is 6. The van der Waals surface area contributed by atoms with Crippen LogP contribution in [0.3, 0.4) is 0 Å². The fourth-order valence-electron chi connectivity index (χ4n) is 2.37. The molecule has 1 amide bonds. The van der Waals surface area contributed by atoms with E-state index in [9.17, 15) is 9.59 Å². The highest BCUT2D eigenvalue weighted by Gasteiger charge is 2.35. The molecule has 1 aromatic carbocycles. The highest BCUT2D eigenvalue weighted by Crippen LogP contribution is 2.21. The molecule has 1 aromatic heterocycles. The fourth-order valence-corrected chi connectivity index (χ4v) is 2.37. The van der Waals surface area contributed by atoms with Crippen LogP contribution >= 0.6 is 0 Å². The van der Waals surface area contributed by atoms with Crippen LogP contribution in [0.15, 0.2) is 30.3 Å². The van der Waals surface area contributed by atoms with Crippen LogP contribution in [0.1, 0.15) is 18.3 Å². The zero-order chi connectivity index (χ0) is 16.2.